The summed E-state index contributed by atoms with van der Waals surface area (Å²) < 4.78 is 5.12. The number of aromatic amines is 1. The van der Waals surface area contributed by atoms with Crippen LogP contribution < -0.4 is 0 Å². The molecule has 0 radical (unpaired) electrons. The minimum absolute atomic E-state index is 0.117. The molecule has 0 saturated carbocycles. The van der Waals surface area contributed by atoms with Crippen molar-refractivity contribution in [3.8, 4) is 0 Å². The standard InChI is InChI=1S/C20H23NO4/c1-5-6-15-7-9-16(10-8-15)17(23)11-25-20(24)19-12(2)18(14(4)22)13(3)21-19/h7-10,21H,5-6,11H2,1-4H3. The molecule has 5 nitrogen and oxygen atoms in total. The van der Waals surface area contributed by atoms with Crippen LogP contribution in [-0.2, 0) is 11.2 Å². The zero-order valence-corrected chi connectivity index (χ0v) is 15.1. The first-order valence-corrected chi connectivity index (χ1v) is 8.34. The third-order valence-electron chi connectivity index (χ3n) is 4.14. The van der Waals surface area contributed by atoms with Gasteiger partial charge in [-0.2, -0.15) is 0 Å². The molecule has 0 aliphatic carbocycles. The fourth-order valence-corrected chi connectivity index (χ4v) is 2.91. The summed E-state index contributed by atoms with van der Waals surface area (Å²) in [5.74, 6) is -1.01. The van der Waals surface area contributed by atoms with E-state index in [2.05, 4.69) is 11.9 Å². The number of nitrogens with one attached hydrogen (secondary N) is 1. The average Bonchev–Trinajstić information content (AvgIpc) is 2.88. The molecule has 0 amide bonds. The van der Waals surface area contributed by atoms with E-state index in [0.717, 1.165) is 12.8 Å². The number of aromatic nitrogens is 1. The number of carbonyl (C=O) groups is 3. The van der Waals surface area contributed by atoms with E-state index in [1.54, 1.807) is 26.0 Å². The molecule has 0 spiro atoms. The van der Waals surface area contributed by atoms with Crippen molar-refractivity contribution >= 4 is 17.5 Å². The Balaban J connectivity index is 2.03. The highest BCUT2D eigenvalue weighted by molar-refractivity contribution is 6.02. The first-order chi connectivity index (χ1) is 11.8. The molecule has 5 heteroatoms. The second-order valence-corrected chi connectivity index (χ2v) is 6.13. The van der Waals surface area contributed by atoms with Gasteiger partial charge < -0.3 is 9.72 Å². The summed E-state index contributed by atoms with van der Waals surface area (Å²) in [7, 11) is 0. The summed E-state index contributed by atoms with van der Waals surface area (Å²) in [6, 6.07) is 7.32. The number of ketones is 2. The minimum Gasteiger partial charge on any atom is -0.453 e. The van der Waals surface area contributed by atoms with Gasteiger partial charge in [-0.1, -0.05) is 37.6 Å². The predicted molar refractivity (Wildman–Crippen MR) is 95.3 cm³/mol. The predicted octanol–water partition coefficient (Wildman–Crippen LogP) is 3.83. The van der Waals surface area contributed by atoms with Crippen LogP contribution in [-0.4, -0.2) is 29.1 Å². The van der Waals surface area contributed by atoms with Gasteiger partial charge in [-0.05, 0) is 38.3 Å². The van der Waals surface area contributed by atoms with Crippen molar-refractivity contribution in [1.82, 2.24) is 4.98 Å². The molecule has 1 heterocycles. The van der Waals surface area contributed by atoms with Crippen molar-refractivity contribution in [2.75, 3.05) is 6.61 Å². The number of hydrogen-bond acceptors (Lipinski definition) is 4. The summed E-state index contributed by atoms with van der Waals surface area (Å²) >= 11 is 0. The Morgan fingerprint density at radius 2 is 1.72 bits per heavy atom. The van der Waals surface area contributed by atoms with Crippen LogP contribution in [0.25, 0.3) is 0 Å². The molecular weight excluding hydrogens is 318 g/mol. The van der Waals surface area contributed by atoms with Gasteiger partial charge in [-0.25, -0.2) is 4.79 Å². The second kappa shape index (κ2) is 7.92. The maximum absolute atomic E-state index is 12.2. The van der Waals surface area contributed by atoms with Crippen molar-refractivity contribution in [3.63, 3.8) is 0 Å². The van der Waals surface area contributed by atoms with Crippen LogP contribution in [0, 0.1) is 13.8 Å². The minimum atomic E-state index is -0.635. The number of Topliss-reactive ketones (excluding diaryl/α,β-unsaturated/α-hetero) is 2. The highest BCUT2D eigenvalue weighted by Gasteiger charge is 2.21. The zero-order valence-electron chi connectivity index (χ0n) is 15.1. The van der Waals surface area contributed by atoms with Gasteiger partial charge in [0.2, 0.25) is 0 Å². The van der Waals surface area contributed by atoms with Crippen LogP contribution in [0.1, 0.15) is 68.3 Å². The van der Waals surface area contributed by atoms with Crippen LogP contribution in [0.3, 0.4) is 0 Å². The van der Waals surface area contributed by atoms with E-state index in [-0.39, 0.29) is 23.9 Å². The van der Waals surface area contributed by atoms with Gasteiger partial charge in [0.25, 0.3) is 0 Å². The maximum Gasteiger partial charge on any atom is 0.355 e. The van der Waals surface area contributed by atoms with Crippen LogP contribution in [0.4, 0.5) is 0 Å². The van der Waals surface area contributed by atoms with E-state index in [1.807, 2.05) is 12.1 Å². The van der Waals surface area contributed by atoms with E-state index >= 15 is 0 Å². The van der Waals surface area contributed by atoms with Gasteiger partial charge in [0.1, 0.15) is 5.69 Å². The number of benzene rings is 1. The first-order valence-electron chi connectivity index (χ1n) is 8.34. The molecule has 0 atom stereocenters. The van der Waals surface area contributed by atoms with Gasteiger partial charge in [0, 0.05) is 16.8 Å². The maximum atomic E-state index is 12.2. The van der Waals surface area contributed by atoms with Crippen molar-refractivity contribution in [2.45, 2.75) is 40.5 Å². The molecule has 1 N–H and O–H groups in total. The number of ether oxygens (including phenoxy) is 1. The molecule has 0 unspecified atom stereocenters. The molecule has 0 fully saturated rings. The molecule has 1 aromatic heterocycles. The SMILES string of the molecule is CCCc1ccc(C(=O)COC(=O)c2[nH]c(C)c(C(C)=O)c2C)cc1. The number of hydrogen-bond donors (Lipinski definition) is 1. The highest BCUT2D eigenvalue weighted by Crippen LogP contribution is 2.19. The van der Waals surface area contributed by atoms with Crippen LogP contribution in [0.15, 0.2) is 24.3 Å². The fourth-order valence-electron chi connectivity index (χ4n) is 2.91. The van der Waals surface area contributed by atoms with Crippen LogP contribution in [0.5, 0.6) is 0 Å². The lowest BCUT2D eigenvalue weighted by Crippen LogP contribution is -2.15. The summed E-state index contributed by atoms with van der Waals surface area (Å²) in [5, 5.41) is 0. The summed E-state index contributed by atoms with van der Waals surface area (Å²) in [4.78, 5) is 38.9. The lowest BCUT2D eigenvalue weighted by atomic mass is 10.1. The number of rotatable bonds is 7. The van der Waals surface area contributed by atoms with Gasteiger partial charge in [0.15, 0.2) is 18.2 Å². The monoisotopic (exact) mass is 341 g/mol. The van der Waals surface area contributed by atoms with E-state index in [1.165, 1.54) is 12.5 Å². The first kappa shape index (κ1) is 18.6. The van der Waals surface area contributed by atoms with Gasteiger partial charge >= 0.3 is 5.97 Å². The Labute approximate surface area is 147 Å². The topological polar surface area (TPSA) is 76.2 Å². The molecule has 25 heavy (non-hydrogen) atoms. The van der Waals surface area contributed by atoms with E-state index in [9.17, 15) is 14.4 Å². The molecule has 1 aromatic carbocycles. The number of esters is 1. The van der Waals surface area contributed by atoms with E-state index < -0.39 is 5.97 Å². The lowest BCUT2D eigenvalue weighted by Gasteiger charge is -2.05. The number of aryl methyl sites for hydroxylation is 2. The molecule has 132 valence electrons. The Kier molecular flexibility index (Phi) is 5.91. The van der Waals surface area contributed by atoms with Crippen molar-refractivity contribution in [2.24, 2.45) is 0 Å². The summed E-state index contributed by atoms with van der Waals surface area (Å²) in [6.45, 7) is 6.62. The van der Waals surface area contributed by atoms with Crippen molar-refractivity contribution < 1.29 is 19.1 Å². The Hall–Kier alpha value is -2.69. The Morgan fingerprint density at radius 1 is 1.08 bits per heavy atom. The van der Waals surface area contributed by atoms with Gasteiger partial charge in [0.05, 0.1) is 0 Å². The smallest absolute Gasteiger partial charge is 0.355 e. The summed E-state index contributed by atoms with van der Waals surface area (Å²) in [6.07, 6.45) is 2.01. The van der Waals surface area contributed by atoms with Crippen molar-refractivity contribution in [3.05, 3.63) is 57.9 Å². The third-order valence-corrected chi connectivity index (χ3v) is 4.14. The average molecular weight is 341 g/mol. The second-order valence-electron chi connectivity index (χ2n) is 6.13. The fraction of sp³-hybridized carbons (Fsp3) is 0.350. The van der Waals surface area contributed by atoms with Crippen molar-refractivity contribution in [1.29, 1.82) is 0 Å². The number of H-pyrrole nitrogens is 1. The summed E-state index contributed by atoms with van der Waals surface area (Å²) in [5.41, 5.74) is 3.56. The van der Waals surface area contributed by atoms with E-state index in [0.29, 0.717) is 22.4 Å². The normalized spacial score (nSPS) is 10.6. The van der Waals surface area contributed by atoms with Crippen LogP contribution in [0.2, 0.25) is 0 Å². The number of carbonyl (C=O) groups excluding carboxylic acids is 3. The molecule has 2 aromatic rings. The zero-order chi connectivity index (χ0) is 18.6. The molecule has 0 saturated heterocycles. The molecule has 0 aliphatic rings. The quantitative estimate of drug-likeness (QED) is 0.613. The van der Waals surface area contributed by atoms with Gasteiger partial charge in [-0.15, -0.1) is 0 Å². The Morgan fingerprint density at radius 3 is 2.24 bits per heavy atom. The largest absolute Gasteiger partial charge is 0.453 e. The molecule has 0 bridgehead atoms. The molecular formula is C20H23NO4. The highest BCUT2D eigenvalue weighted by atomic mass is 16.5. The molecule has 0 aliphatic heterocycles. The molecule has 2 rings (SSSR count). The van der Waals surface area contributed by atoms with Crippen LogP contribution >= 0.6 is 0 Å². The Bertz CT molecular complexity index is 800. The lowest BCUT2D eigenvalue weighted by molar-refractivity contribution is 0.0468. The third kappa shape index (κ3) is 4.24. The van der Waals surface area contributed by atoms with E-state index in [4.69, 9.17) is 4.74 Å². The van der Waals surface area contributed by atoms with Gasteiger partial charge in [-0.3, -0.25) is 9.59 Å².